The highest BCUT2D eigenvalue weighted by atomic mass is 19.4. The Balaban J connectivity index is 1.98. The molecule has 0 radical (unpaired) electrons. The fourth-order valence-electron chi connectivity index (χ4n) is 1.59. The largest absolute Gasteiger partial charge is 0.447 e. The number of amides is 3. The van der Waals surface area contributed by atoms with Crippen LogP contribution in [0.3, 0.4) is 0 Å². The van der Waals surface area contributed by atoms with Gasteiger partial charge in [-0.2, -0.15) is 13.2 Å². The van der Waals surface area contributed by atoms with Gasteiger partial charge in [-0.25, -0.2) is 14.2 Å². The second-order valence-corrected chi connectivity index (χ2v) is 4.30. The zero-order valence-electron chi connectivity index (χ0n) is 11.3. The van der Waals surface area contributed by atoms with Crippen LogP contribution < -0.4 is 10.6 Å². The van der Waals surface area contributed by atoms with Gasteiger partial charge >= 0.3 is 12.2 Å². The van der Waals surface area contributed by atoms with Crippen molar-refractivity contribution in [2.75, 3.05) is 0 Å². The number of hydrogen-bond donors (Lipinski definition) is 2. The Morgan fingerprint density at radius 2 is 2.00 bits per heavy atom. The molecular weight excluding hydrogens is 322 g/mol. The maximum atomic E-state index is 13.6. The Labute approximate surface area is 126 Å². The number of rotatable bonds is 3. The lowest BCUT2D eigenvalue weighted by atomic mass is 10.1. The molecule has 0 spiro atoms. The monoisotopic (exact) mass is 331 g/mol. The SMILES string of the molecule is O=C(NCc1cnco1)NC(=O)c1ccc(C(F)(F)F)cc1F. The quantitative estimate of drug-likeness (QED) is 0.846. The van der Waals surface area contributed by atoms with E-state index in [0.717, 1.165) is 6.39 Å². The summed E-state index contributed by atoms with van der Waals surface area (Å²) in [6, 6.07) is 0.411. The van der Waals surface area contributed by atoms with Gasteiger partial charge < -0.3 is 9.73 Å². The Hall–Kier alpha value is -2.91. The normalized spacial score (nSPS) is 11.1. The fraction of sp³-hybridized carbons (Fsp3) is 0.154. The van der Waals surface area contributed by atoms with E-state index in [1.54, 1.807) is 5.32 Å². The first-order valence-corrected chi connectivity index (χ1v) is 6.10. The molecule has 2 rings (SSSR count). The van der Waals surface area contributed by atoms with Gasteiger partial charge in [-0.05, 0) is 18.2 Å². The van der Waals surface area contributed by atoms with E-state index in [-0.39, 0.29) is 12.6 Å². The number of aromatic nitrogens is 1. The number of carbonyl (C=O) groups is 2. The third-order valence-electron chi connectivity index (χ3n) is 2.67. The first kappa shape index (κ1) is 16.5. The Bertz CT molecular complexity index is 714. The molecule has 1 aromatic carbocycles. The lowest BCUT2D eigenvalue weighted by molar-refractivity contribution is -0.137. The van der Waals surface area contributed by atoms with E-state index >= 15 is 0 Å². The number of hydrogen-bond acceptors (Lipinski definition) is 4. The van der Waals surface area contributed by atoms with Crippen LogP contribution in [0.1, 0.15) is 21.7 Å². The van der Waals surface area contributed by atoms with Crippen molar-refractivity contribution in [2.45, 2.75) is 12.7 Å². The van der Waals surface area contributed by atoms with Crippen LogP contribution in [0.2, 0.25) is 0 Å². The number of nitrogens with one attached hydrogen (secondary N) is 2. The van der Waals surface area contributed by atoms with E-state index in [4.69, 9.17) is 4.42 Å². The highest BCUT2D eigenvalue weighted by Crippen LogP contribution is 2.30. The summed E-state index contributed by atoms with van der Waals surface area (Å²) in [6.07, 6.45) is -2.26. The summed E-state index contributed by atoms with van der Waals surface area (Å²) >= 11 is 0. The predicted octanol–water partition coefficient (Wildman–Crippen LogP) is 2.47. The van der Waals surface area contributed by atoms with Crippen molar-refractivity contribution in [3.05, 3.63) is 53.5 Å². The Morgan fingerprint density at radius 3 is 2.57 bits per heavy atom. The zero-order chi connectivity index (χ0) is 17.0. The summed E-state index contributed by atoms with van der Waals surface area (Å²) in [6.45, 7) is -0.0748. The molecule has 10 heteroatoms. The van der Waals surface area contributed by atoms with E-state index in [9.17, 15) is 27.2 Å². The topological polar surface area (TPSA) is 84.2 Å². The molecule has 0 bridgehead atoms. The second-order valence-electron chi connectivity index (χ2n) is 4.30. The van der Waals surface area contributed by atoms with E-state index in [0.29, 0.717) is 17.9 Å². The van der Waals surface area contributed by atoms with Crippen LogP contribution in [-0.2, 0) is 12.7 Å². The van der Waals surface area contributed by atoms with Gasteiger partial charge in [0.2, 0.25) is 0 Å². The smallest absolute Gasteiger partial charge is 0.416 e. The molecule has 2 N–H and O–H groups in total. The molecule has 0 atom stereocenters. The van der Waals surface area contributed by atoms with Crippen molar-refractivity contribution in [1.82, 2.24) is 15.6 Å². The van der Waals surface area contributed by atoms with E-state index < -0.39 is 35.1 Å². The average Bonchev–Trinajstić information content (AvgIpc) is 2.97. The summed E-state index contributed by atoms with van der Waals surface area (Å²) in [5.41, 5.74) is -1.92. The first-order valence-electron chi connectivity index (χ1n) is 6.10. The van der Waals surface area contributed by atoms with Crippen molar-refractivity contribution in [3.8, 4) is 0 Å². The van der Waals surface area contributed by atoms with E-state index in [1.807, 2.05) is 0 Å². The van der Waals surface area contributed by atoms with Crippen LogP contribution in [-0.4, -0.2) is 16.9 Å². The number of alkyl halides is 3. The second kappa shape index (κ2) is 6.46. The molecule has 0 aliphatic heterocycles. The van der Waals surface area contributed by atoms with Crippen LogP contribution in [0.25, 0.3) is 0 Å². The average molecular weight is 331 g/mol. The van der Waals surface area contributed by atoms with E-state index in [2.05, 4.69) is 10.3 Å². The van der Waals surface area contributed by atoms with Crippen molar-refractivity contribution in [1.29, 1.82) is 0 Å². The molecule has 122 valence electrons. The number of benzene rings is 1. The highest BCUT2D eigenvalue weighted by Gasteiger charge is 2.31. The van der Waals surface area contributed by atoms with Crippen molar-refractivity contribution in [2.24, 2.45) is 0 Å². The van der Waals surface area contributed by atoms with Crippen LogP contribution in [0.4, 0.5) is 22.4 Å². The van der Waals surface area contributed by atoms with Gasteiger partial charge in [0.1, 0.15) is 11.6 Å². The summed E-state index contributed by atoms with van der Waals surface area (Å²) in [4.78, 5) is 26.7. The number of imide groups is 1. The number of oxazole rings is 1. The molecule has 0 saturated carbocycles. The standard InChI is InChI=1S/C13H9F4N3O3/c14-10-3-7(13(15,16)17)1-2-9(10)11(21)20-12(22)19-5-8-4-18-6-23-8/h1-4,6H,5H2,(H2,19,20,21,22). The minimum atomic E-state index is -4.73. The molecule has 0 saturated heterocycles. The summed E-state index contributed by atoms with van der Waals surface area (Å²) in [5, 5.41) is 4.02. The van der Waals surface area contributed by atoms with Crippen LogP contribution in [0, 0.1) is 5.82 Å². The molecular formula is C13H9F4N3O3. The van der Waals surface area contributed by atoms with Gasteiger partial charge in [0, 0.05) is 0 Å². The zero-order valence-corrected chi connectivity index (χ0v) is 11.3. The minimum Gasteiger partial charge on any atom is -0.447 e. The number of nitrogens with zero attached hydrogens (tertiary/aromatic N) is 1. The lowest BCUT2D eigenvalue weighted by Crippen LogP contribution is -2.39. The molecule has 3 amide bonds. The van der Waals surface area contributed by atoms with Crippen LogP contribution in [0.5, 0.6) is 0 Å². The van der Waals surface area contributed by atoms with Crippen LogP contribution >= 0.6 is 0 Å². The molecule has 0 unspecified atom stereocenters. The molecule has 1 heterocycles. The van der Waals surface area contributed by atoms with Gasteiger partial charge in [0.15, 0.2) is 6.39 Å². The van der Waals surface area contributed by atoms with Gasteiger partial charge in [-0.15, -0.1) is 0 Å². The van der Waals surface area contributed by atoms with Gasteiger partial charge in [-0.3, -0.25) is 10.1 Å². The lowest BCUT2D eigenvalue weighted by Gasteiger charge is -2.09. The van der Waals surface area contributed by atoms with Crippen molar-refractivity contribution >= 4 is 11.9 Å². The molecule has 2 aromatic rings. The van der Waals surface area contributed by atoms with Gasteiger partial charge in [-0.1, -0.05) is 0 Å². The van der Waals surface area contributed by atoms with E-state index in [1.165, 1.54) is 6.20 Å². The first-order chi connectivity index (χ1) is 10.8. The highest BCUT2D eigenvalue weighted by molar-refractivity contribution is 6.04. The minimum absolute atomic E-state index is 0.0748. The number of carbonyl (C=O) groups excluding carboxylic acids is 2. The number of urea groups is 1. The van der Waals surface area contributed by atoms with Crippen molar-refractivity contribution in [3.63, 3.8) is 0 Å². The van der Waals surface area contributed by atoms with Gasteiger partial charge in [0.05, 0.1) is 23.9 Å². The Kier molecular flexibility index (Phi) is 4.63. The molecule has 6 nitrogen and oxygen atoms in total. The third-order valence-corrected chi connectivity index (χ3v) is 2.67. The third kappa shape index (κ3) is 4.28. The number of halogens is 4. The maximum Gasteiger partial charge on any atom is 0.416 e. The molecule has 0 fully saturated rings. The molecule has 0 aliphatic carbocycles. The summed E-state index contributed by atoms with van der Waals surface area (Å²) < 4.78 is 55.6. The predicted molar refractivity (Wildman–Crippen MR) is 67.6 cm³/mol. The molecule has 1 aromatic heterocycles. The molecule has 0 aliphatic rings. The maximum absolute atomic E-state index is 13.6. The van der Waals surface area contributed by atoms with Crippen molar-refractivity contribution < 1.29 is 31.6 Å². The fourth-order valence-corrected chi connectivity index (χ4v) is 1.59. The van der Waals surface area contributed by atoms with Crippen LogP contribution in [0.15, 0.2) is 35.2 Å². The van der Waals surface area contributed by atoms with Gasteiger partial charge in [0.25, 0.3) is 5.91 Å². The summed E-state index contributed by atoms with van der Waals surface area (Å²) in [7, 11) is 0. The molecule has 23 heavy (non-hydrogen) atoms. The Morgan fingerprint density at radius 1 is 1.26 bits per heavy atom. The summed E-state index contributed by atoms with van der Waals surface area (Å²) in [5.74, 6) is -2.25.